The van der Waals surface area contributed by atoms with Crippen molar-refractivity contribution < 1.29 is 23.4 Å². The maximum Gasteiger partial charge on any atom is 0.368 e. The fourth-order valence-corrected chi connectivity index (χ4v) is 3.62. The minimum atomic E-state index is 0.665. The van der Waals surface area contributed by atoms with Crippen molar-refractivity contribution in [2.45, 2.75) is 6.92 Å². The van der Waals surface area contributed by atoms with Gasteiger partial charge in [0.15, 0.2) is 23.0 Å². The molecule has 0 bridgehead atoms. The van der Waals surface area contributed by atoms with Gasteiger partial charge in [0.05, 0.1) is 44.6 Å². The van der Waals surface area contributed by atoms with E-state index in [1.54, 1.807) is 34.7 Å². The summed E-state index contributed by atoms with van der Waals surface area (Å²) in [5.41, 5.74) is 1.90. The SMILES string of the molecule is COc1cc2cc(C)c3c4cc(OC)c(OC)cc4c[o+]c3c2cc1OC. The van der Waals surface area contributed by atoms with Crippen LogP contribution in [0.25, 0.3) is 32.5 Å². The molecule has 0 amide bonds. The summed E-state index contributed by atoms with van der Waals surface area (Å²) in [6.07, 6.45) is 1.75. The normalized spacial score (nSPS) is 11.1. The Morgan fingerprint density at radius 2 is 1.15 bits per heavy atom. The van der Waals surface area contributed by atoms with E-state index in [4.69, 9.17) is 23.4 Å². The second-order valence-corrected chi connectivity index (χ2v) is 6.36. The third-order valence-electron chi connectivity index (χ3n) is 4.92. The Morgan fingerprint density at radius 1 is 0.630 bits per heavy atom. The Hall–Kier alpha value is -3.21. The van der Waals surface area contributed by atoms with Crippen LogP contribution in [0.2, 0.25) is 0 Å². The molecule has 1 aromatic heterocycles. The monoisotopic (exact) mass is 365 g/mol. The number of hydrogen-bond donors (Lipinski definition) is 0. The van der Waals surface area contributed by atoms with Gasteiger partial charge in [-0.15, -0.1) is 0 Å². The van der Waals surface area contributed by atoms with E-state index in [2.05, 4.69) is 13.0 Å². The smallest absolute Gasteiger partial charge is 0.368 e. The van der Waals surface area contributed by atoms with Gasteiger partial charge in [-0.25, -0.2) is 4.42 Å². The van der Waals surface area contributed by atoms with E-state index in [9.17, 15) is 0 Å². The fraction of sp³-hybridized carbons (Fsp3) is 0.227. The van der Waals surface area contributed by atoms with Crippen LogP contribution in [0.3, 0.4) is 0 Å². The molecule has 138 valence electrons. The molecule has 0 saturated heterocycles. The highest BCUT2D eigenvalue weighted by atomic mass is 16.5. The van der Waals surface area contributed by atoms with Gasteiger partial charge in [-0.1, -0.05) is 0 Å². The first kappa shape index (κ1) is 17.2. The van der Waals surface area contributed by atoms with Crippen LogP contribution in [0.1, 0.15) is 5.56 Å². The van der Waals surface area contributed by atoms with Crippen LogP contribution in [0, 0.1) is 6.92 Å². The predicted molar refractivity (Wildman–Crippen MR) is 107 cm³/mol. The van der Waals surface area contributed by atoms with Crippen molar-refractivity contribution in [2.75, 3.05) is 28.4 Å². The van der Waals surface area contributed by atoms with Gasteiger partial charge in [0, 0.05) is 17.5 Å². The van der Waals surface area contributed by atoms with Crippen molar-refractivity contribution in [1.82, 2.24) is 0 Å². The average Bonchev–Trinajstić information content (AvgIpc) is 2.71. The molecule has 0 N–H and O–H groups in total. The van der Waals surface area contributed by atoms with Crippen LogP contribution in [-0.4, -0.2) is 28.4 Å². The van der Waals surface area contributed by atoms with Gasteiger partial charge in [0.2, 0.25) is 0 Å². The second-order valence-electron chi connectivity index (χ2n) is 6.36. The number of hydrogen-bond acceptors (Lipinski definition) is 4. The topological polar surface area (TPSA) is 48.2 Å². The lowest BCUT2D eigenvalue weighted by molar-refractivity contribution is 0.355. The number of aryl methyl sites for hydroxylation is 1. The van der Waals surface area contributed by atoms with E-state index in [0.29, 0.717) is 23.0 Å². The maximum atomic E-state index is 6.07. The first-order chi connectivity index (χ1) is 13.1. The number of benzene rings is 3. The van der Waals surface area contributed by atoms with Gasteiger partial charge in [0.25, 0.3) is 0 Å². The molecule has 0 saturated carbocycles. The first-order valence-electron chi connectivity index (χ1n) is 8.56. The average molecular weight is 365 g/mol. The summed E-state index contributed by atoms with van der Waals surface area (Å²) in [7, 11) is 6.53. The summed E-state index contributed by atoms with van der Waals surface area (Å²) in [5, 5.41) is 5.02. The van der Waals surface area contributed by atoms with Crippen molar-refractivity contribution in [3.05, 3.63) is 42.2 Å². The van der Waals surface area contributed by atoms with E-state index < -0.39 is 0 Å². The van der Waals surface area contributed by atoms with E-state index >= 15 is 0 Å². The number of fused-ring (bicyclic) bond motifs is 5. The molecule has 4 aromatic rings. The minimum absolute atomic E-state index is 0.665. The predicted octanol–water partition coefficient (Wildman–Crippen LogP) is 5.36. The highest BCUT2D eigenvalue weighted by molar-refractivity contribution is 6.16. The summed E-state index contributed by atoms with van der Waals surface area (Å²) >= 11 is 0. The van der Waals surface area contributed by atoms with Crippen LogP contribution >= 0.6 is 0 Å². The molecule has 1 heterocycles. The maximum absolute atomic E-state index is 6.07. The molecule has 0 radical (unpaired) electrons. The highest BCUT2D eigenvalue weighted by Gasteiger charge is 2.21. The number of rotatable bonds is 4. The number of ether oxygens (including phenoxy) is 4. The van der Waals surface area contributed by atoms with Crippen molar-refractivity contribution in [3.8, 4) is 23.0 Å². The van der Waals surface area contributed by atoms with Crippen molar-refractivity contribution in [2.24, 2.45) is 0 Å². The van der Waals surface area contributed by atoms with Gasteiger partial charge in [0.1, 0.15) is 0 Å². The van der Waals surface area contributed by atoms with Crippen LogP contribution in [0.4, 0.5) is 0 Å². The molecule has 0 fully saturated rings. The molecule has 0 aliphatic carbocycles. The minimum Gasteiger partial charge on any atom is -0.493 e. The third-order valence-corrected chi connectivity index (χ3v) is 4.92. The molecule has 4 rings (SSSR count). The zero-order valence-electron chi connectivity index (χ0n) is 16.0. The molecule has 0 spiro atoms. The van der Waals surface area contributed by atoms with Gasteiger partial charge < -0.3 is 18.9 Å². The Balaban J connectivity index is 2.16. The molecule has 3 aromatic carbocycles. The van der Waals surface area contributed by atoms with Crippen molar-refractivity contribution in [3.63, 3.8) is 0 Å². The van der Waals surface area contributed by atoms with E-state index in [-0.39, 0.29) is 0 Å². The summed E-state index contributed by atoms with van der Waals surface area (Å²) in [4.78, 5) is 0. The molecule has 0 atom stereocenters. The van der Waals surface area contributed by atoms with E-state index in [1.807, 2.05) is 24.3 Å². The van der Waals surface area contributed by atoms with E-state index in [1.165, 1.54) is 0 Å². The quantitative estimate of drug-likeness (QED) is 0.360. The standard InChI is InChI=1S/C22H21O5/c1-12-6-13-7-17(23-2)20(26-5)10-16(13)22-21(12)15-9-19(25-4)18(24-3)8-14(15)11-27-22/h6-11H,1-5H3/q+1. The van der Waals surface area contributed by atoms with Gasteiger partial charge in [-0.3, -0.25) is 0 Å². The summed E-state index contributed by atoms with van der Waals surface area (Å²) in [6.45, 7) is 2.07. The Kier molecular flexibility index (Phi) is 4.15. The molecule has 0 aliphatic heterocycles. The largest absolute Gasteiger partial charge is 0.493 e. The fourth-order valence-electron chi connectivity index (χ4n) is 3.62. The van der Waals surface area contributed by atoms with Gasteiger partial charge in [-0.2, -0.15) is 0 Å². The lowest BCUT2D eigenvalue weighted by atomic mass is 9.98. The Morgan fingerprint density at radius 3 is 1.74 bits per heavy atom. The zero-order valence-corrected chi connectivity index (χ0v) is 16.0. The Labute approximate surface area is 157 Å². The zero-order chi connectivity index (χ0) is 19.1. The van der Waals surface area contributed by atoms with Crippen molar-refractivity contribution in [1.29, 1.82) is 0 Å². The van der Waals surface area contributed by atoms with Crippen LogP contribution in [-0.2, 0) is 0 Å². The molecule has 0 aliphatic rings. The second kappa shape index (κ2) is 6.50. The summed E-state index contributed by atoms with van der Waals surface area (Å²) < 4.78 is 27.9. The summed E-state index contributed by atoms with van der Waals surface area (Å²) in [5.74, 6) is 2.71. The van der Waals surface area contributed by atoms with Gasteiger partial charge in [-0.05, 0) is 36.1 Å². The lowest BCUT2D eigenvalue weighted by Gasteiger charge is -2.11. The van der Waals surface area contributed by atoms with Crippen LogP contribution in [0.15, 0.2) is 41.0 Å². The molecule has 27 heavy (non-hydrogen) atoms. The summed E-state index contributed by atoms with van der Waals surface area (Å²) in [6, 6.07) is 9.97. The highest BCUT2D eigenvalue weighted by Crippen LogP contribution is 2.41. The third kappa shape index (κ3) is 2.58. The number of methoxy groups -OCH3 is 4. The molecular weight excluding hydrogens is 344 g/mol. The van der Waals surface area contributed by atoms with Crippen LogP contribution in [0.5, 0.6) is 23.0 Å². The molecule has 0 unspecified atom stereocenters. The van der Waals surface area contributed by atoms with E-state index in [0.717, 1.165) is 38.1 Å². The van der Waals surface area contributed by atoms with Crippen molar-refractivity contribution >= 4 is 32.5 Å². The Bertz CT molecular complexity index is 1180. The first-order valence-corrected chi connectivity index (χ1v) is 8.56. The molecule has 5 nitrogen and oxygen atoms in total. The van der Waals surface area contributed by atoms with Gasteiger partial charge >= 0.3 is 11.8 Å². The molecular formula is C22H21O5+. The molecule has 5 heteroatoms. The lowest BCUT2D eigenvalue weighted by Crippen LogP contribution is -1.93. The van der Waals surface area contributed by atoms with Crippen LogP contribution < -0.4 is 18.9 Å².